The van der Waals surface area contributed by atoms with E-state index in [0.717, 1.165) is 22.7 Å². The largest absolute Gasteiger partial charge is 0.377 e. The first-order chi connectivity index (χ1) is 11.0. The van der Waals surface area contributed by atoms with Crippen LogP contribution in [0.15, 0.2) is 35.8 Å². The molecule has 1 aromatic heterocycles. The van der Waals surface area contributed by atoms with Gasteiger partial charge >= 0.3 is 6.03 Å². The van der Waals surface area contributed by atoms with E-state index in [0.29, 0.717) is 0 Å². The van der Waals surface area contributed by atoms with Gasteiger partial charge in [-0.2, -0.15) is 0 Å². The second-order valence-corrected chi connectivity index (χ2v) is 6.50. The molecule has 0 aliphatic heterocycles. The highest BCUT2D eigenvalue weighted by molar-refractivity contribution is 7.09. The van der Waals surface area contributed by atoms with Crippen LogP contribution in [0.2, 0.25) is 0 Å². The van der Waals surface area contributed by atoms with E-state index in [1.807, 2.05) is 50.4 Å². The Morgan fingerprint density at radius 2 is 2.26 bits per heavy atom. The first-order valence-electron chi connectivity index (χ1n) is 7.60. The second kappa shape index (κ2) is 7.57. The van der Waals surface area contributed by atoms with E-state index in [4.69, 9.17) is 4.74 Å². The molecule has 0 saturated carbocycles. The molecule has 1 aromatic carbocycles. The van der Waals surface area contributed by atoms with Crippen LogP contribution in [-0.2, 0) is 10.3 Å². The average Bonchev–Trinajstić information content (AvgIpc) is 3.09. The molecule has 2 rings (SSSR count). The normalized spacial score (nSPS) is 14.8. The molecule has 0 bridgehead atoms. The summed E-state index contributed by atoms with van der Waals surface area (Å²) in [6, 6.07) is 7.41. The lowest BCUT2D eigenvalue weighted by atomic mass is 10.0. The third-order valence-corrected chi connectivity index (χ3v) is 5.01. The predicted octanol–water partition coefficient (Wildman–Crippen LogP) is 4.30. The van der Waals surface area contributed by atoms with E-state index in [1.54, 1.807) is 24.6 Å². The number of methoxy groups -OCH3 is 1. The SMILES string of the molecule is CC[C@@](C)(NC(=O)Nc1cccc([C@@H](C)OC)c1)c1nccs1. The maximum absolute atomic E-state index is 12.4. The van der Waals surface area contributed by atoms with E-state index in [1.165, 1.54) is 0 Å². The predicted molar refractivity (Wildman–Crippen MR) is 93.8 cm³/mol. The van der Waals surface area contributed by atoms with E-state index < -0.39 is 5.54 Å². The van der Waals surface area contributed by atoms with Gasteiger partial charge in [0.05, 0.1) is 11.6 Å². The molecular formula is C17H23N3O2S. The van der Waals surface area contributed by atoms with Gasteiger partial charge in [-0.05, 0) is 38.0 Å². The summed E-state index contributed by atoms with van der Waals surface area (Å²) in [7, 11) is 1.66. The fourth-order valence-corrected chi connectivity index (χ4v) is 3.04. The summed E-state index contributed by atoms with van der Waals surface area (Å²) in [5, 5.41) is 8.72. The van der Waals surface area contributed by atoms with E-state index in [9.17, 15) is 4.79 Å². The Labute approximate surface area is 141 Å². The van der Waals surface area contributed by atoms with Crippen LogP contribution in [0.5, 0.6) is 0 Å². The summed E-state index contributed by atoms with van der Waals surface area (Å²) in [4.78, 5) is 16.7. The van der Waals surface area contributed by atoms with Crippen LogP contribution in [0.1, 0.15) is 43.9 Å². The number of rotatable bonds is 6. The van der Waals surface area contributed by atoms with Crippen molar-refractivity contribution in [3.63, 3.8) is 0 Å². The van der Waals surface area contributed by atoms with E-state index in [2.05, 4.69) is 15.6 Å². The van der Waals surface area contributed by atoms with Crippen molar-refractivity contribution in [2.24, 2.45) is 0 Å². The molecule has 0 aliphatic carbocycles. The Balaban J connectivity index is 2.07. The first-order valence-corrected chi connectivity index (χ1v) is 8.48. The Morgan fingerprint density at radius 1 is 1.48 bits per heavy atom. The maximum atomic E-state index is 12.4. The number of nitrogens with zero attached hydrogens (tertiary/aromatic N) is 1. The number of carbonyl (C=O) groups excluding carboxylic acids is 1. The second-order valence-electron chi connectivity index (χ2n) is 5.61. The molecule has 2 amide bonds. The van der Waals surface area contributed by atoms with Gasteiger partial charge in [0.2, 0.25) is 0 Å². The van der Waals surface area contributed by atoms with Gasteiger partial charge in [0.1, 0.15) is 5.01 Å². The third kappa shape index (κ3) is 4.30. The lowest BCUT2D eigenvalue weighted by molar-refractivity contribution is 0.119. The monoisotopic (exact) mass is 333 g/mol. The highest BCUT2D eigenvalue weighted by Crippen LogP contribution is 2.26. The van der Waals surface area contributed by atoms with Gasteiger partial charge in [-0.1, -0.05) is 19.1 Å². The number of anilines is 1. The zero-order valence-corrected chi connectivity index (χ0v) is 14.7. The van der Waals surface area contributed by atoms with Gasteiger partial charge in [-0.25, -0.2) is 9.78 Å². The summed E-state index contributed by atoms with van der Waals surface area (Å²) in [5.41, 5.74) is 1.28. The van der Waals surface area contributed by atoms with Gasteiger partial charge < -0.3 is 15.4 Å². The van der Waals surface area contributed by atoms with Crippen LogP contribution in [0, 0.1) is 0 Å². The smallest absolute Gasteiger partial charge is 0.320 e. The van der Waals surface area contributed by atoms with Crippen molar-refractivity contribution in [2.75, 3.05) is 12.4 Å². The fraction of sp³-hybridized carbons (Fsp3) is 0.412. The van der Waals surface area contributed by atoms with Crippen molar-refractivity contribution in [1.82, 2.24) is 10.3 Å². The number of nitrogens with one attached hydrogen (secondary N) is 2. The molecule has 1 heterocycles. The Morgan fingerprint density at radius 3 is 2.87 bits per heavy atom. The number of amides is 2. The minimum atomic E-state index is -0.477. The number of hydrogen-bond donors (Lipinski definition) is 2. The minimum absolute atomic E-state index is 0.0176. The molecular weight excluding hydrogens is 310 g/mol. The zero-order chi connectivity index (χ0) is 16.9. The van der Waals surface area contributed by atoms with Gasteiger partial charge in [0, 0.05) is 24.4 Å². The average molecular weight is 333 g/mol. The summed E-state index contributed by atoms with van der Waals surface area (Å²) in [6.07, 6.45) is 2.49. The van der Waals surface area contributed by atoms with Gasteiger partial charge in [-0.15, -0.1) is 11.3 Å². The Kier molecular flexibility index (Phi) is 5.74. The highest BCUT2D eigenvalue weighted by atomic mass is 32.1. The molecule has 2 aromatic rings. The molecule has 0 unspecified atom stereocenters. The third-order valence-electron chi connectivity index (χ3n) is 3.97. The fourth-order valence-electron chi connectivity index (χ4n) is 2.21. The summed E-state index contributed by atoms with van der Waals surface area (Å²) >= 11 is 1.54. The number of benzene rings is 1. The Hall–Kier alpha value is -1.92. The number of hydrogen-bond acceptors (Lipinski definition) is 4. The number of ether oxygens (including phenoxy) is 1. The number of aromatic nitrogens is 1. The van der Waals surface area contributed by atoms with E-state index in [-0.39, 0.29) is 12.1 Å². The van der Waals surface area contributed by atoms with Crippen LogP contribution in [-0.4, -0.2) is 18.1 Å². The topological polar surface area (TPSA) is 63.2 Å². The number of urea groups is 1. The highest BCUT2D eigenvalue weighted by Gasteiger charge is 2.29. The molecule has 0 aliphatic rings. The molecule has 2 atom stereocenters. The van der Waals surface area contributed by atoms with Gasteiger partial charge in [-0.3, -0.25) is 0 Å². The molecule has 23 heavy (non-hydrogen) atoms. The molecule has 0 radical (unpaired) electrons. The van der Waals surface area contributed by atoms with Crippen molar-refractivity contribution in [1.29, 1.82) is 0 Å². The van der Waals surface area contributed by atoms with Crippen LogP contribution >= 0.6 is 11.3 Å². The van der Waals surface area contributed by atoms with Crippen LogP contribution in [0.25, 0.3) is 0 Å². The number of thiazole rings is 1. The summed E-state index contributed by atoms with van der Waals surface area (Å²) < 4.78 is 5.31. The van der Waals surface area contributed by atoms with Crippen molar-refractivity contribution < 1.29 is 9.53 Å². The molecule has 2 N–H and O–H groups in total. The van der Waals surface area contributed by atoms with Gasteiger partial charge in [0.15, 0.2) is 0 Å². The molecule has 124 valence electrons. The number of carbonyl (C=O) groups is 1. The maximum Gasteiger partial charge on any atom is 0.320 e. The summed E-state index contributed by atoms with van der Waals surface area (Å²) in [6.45, 7) is 5.98. The van der Waals surface area contributed by atoms with Crippen molar-refractivity contribution in [3.05, 3.63) is 46.4 Å². The lowest BCUT2D eigenvalue weighted by Crippen LogP contribution is -2.45. The molecule has 5 nitrogen and oxygen atoms in total. The molecule has 0 spiro atoms. The molecule has 0 saturated heterocycles. The van der Waals surface area contributed by atoms with Crippen molar-refractivity contribution in [2.45, 2.75) is 38.8 Å². The van der Waals surface area contributed by atoms with Crippen LogP contribution in [0.4, 0.5) is 10.5 Å². The van der Waals surface area contributed by atoms with Crippen molar-refractivity contribution >= 4 is 23.1 Å². The van der Waals surface area contributed by atoms with Crippen LogP contribution < -0.4 is 10.6 Å². The molecule has 6 heteroatoms. The van der Waals surface area contributed by atoms with Gasteiger partial charge in [0.25, 0.3) is 0 Å². The zero-order valence-electron chi connectivity index (χ0n) is 13.9. The van der Waals surface area contributed by atoms with E-state index >= 15 is 0 Å². The first kappa shape index (κ1) is 17.4. The minimum Gasteiger partial charge on any atom is -0.377 e. The summed E-state index contributed by atoms with van der Waals surface area (Å²) in [5.74, 6) is 0. The van der Waals surface area contributed by atoms with Crippen molar-refractivity contribution in [3.8, 4) is 0 Å². The Bertz CT molecular complexity index is 645. The lowest BCUT2D eigenvalue weighted by Gasteiger charge is -2.27. The standard InChI is InChI=1S/C17H23N3O2S/c1-5-17(3,15-18-9-10-23-15)20-16(21)19-14-8-6-7-13(11-14)12(2)22-4/h6-12H,5H2,1-4H3,(H2,19,20,21)/t12-,17-/m1/s1. The molecule has 0 fully saturated rings. The van der Waals surface area contributed by atoms with Crippen LogP contribution in [0.3, 0.4) is 0 Å². The quantitative estimate of drug-likeness (QED) is 0.828.